The van der Waals surface area contributed by atoms with Gasteiger partial charge in [0.2, 0.25) is 9.84 Å². The maximum absolute atomic E-state index is 13.3. The standard InChI is InChI=1S/C18H21N3O4S/c1-12-4-2-3-5-15(12)26(24,25)18(21,11-10-16(22)23)14-8-6-13(7-9-14)17(19)20/h2-9H,10-11,21H2,1H3,(H3,19,20)(H,22,23). The molecule has 0 radical (unpaired) electrons. The highest BCUT2D eigenvalue weighted by Crippen LogP contribution is 2.36. The molecule has 2 aromatic rings. The fraction of sp³-hybridized carbons (Fsp3) is 0.222. The Morgan fingerprint density at radius 2 is 1.73 bits per heavy atom. The molecule has 0 amide bonds. The van der Waals surface area contributed by atoms with Gasteiger partial charge in [-0.05, 0) is 30.5 Å². The Morgan fingerprint density at radius 3 is 2.23 bits per heavy atom. The van der Waals surface area contributed by atoms with Gasteiger partial charge in [-0.15, -0.1) is 0 Å². The molecular weight excluding hydrogens is 354 g/mol. The SMILES string of the molecule is Cc1ccccc1S(=O)(=O)C(N)(CCC(=O)O)c1ccc(C(=N)N)cc1. The number of benzene rings is 2. The van der Waals surface area contributed by atoms with E-state index in [4.69, 9.17) is 22.0 Å². The molecule has 26 heavy (non-hydrogen) atoms. The van der Waals surface area contributed by atoms with Crippen LogP contribution in [0.4, 0.5) is 0 Å². The first-order valence-electron chi connectivity index (χ1n) is 7.85. The lowest BCUT2D eigenvalue weighted by Gasteiger charge is -2.30. The number of carboxylic acid groups (broad SMARTS) is 1. The first kappa shape index (κ1) is 19.6. The van der Waals surface area contributed by atoms with Crippen molar-refractivity contribution >= 4 is 21.6 Å². The first-order chi connectivity index (χ1) is 12.1. The third-order valence-electron chi connectivity index (χ3n) is 4.26. The van der Waals surface area contributed by atoms with Crippen LogP contribution in [0.5, 0.6) is 0 Å². The number of hydrogen-bond acceptors (Lipinski definition) is 5. The highest BCUT2D eigenvalue weighted by atomic mass is 32.2. The minimum Gasteiger partial charge on any atom is -0.481 e. The molecule has 0 saturated carbocycles. The Labute approximate surface area is 152 Å². The minimum absolute atomic E-state index is 0.0588. The number of carboxylic acids is 1. The van der Waals surface area contributed by atoms with Crippen molar-refractivity contribution < 1.29 is 18.3 Å². The maximum Gasteiger partial charge on any atom is 0.303 e. The van der Waals surface area contributed by atoms with E-state index in [0.717, 1.165) is 0 Å². The number of nitrogen functional groups attached to an aromatic ring is 1. The number of hydrogen-bond donors (Lipinski definition) is 4. The summed E-state index contributed by atoms with van der Waals surface area (Å²) in [6.45, 7) is 1.66. The molecule has 7 nitrogen and oxygen atoms in total. The summed E-state index contributed by atoms with van der Waals surface area (Å²) in [5.41, 5.74) is 12.9. The second-order valence-corrected chi connectivity index (χ2v) is 8.22. The predicted octanol–water partition coefficient (Wildman–Crippen LogP) is 1.73. The van der Waals surface area contributed by atoms with E-state index in [1.807, 2.05) is 0 Å². The summed E-state index contributed by atoms with van der Waals surface area (Å²) in [4.78, 5) is 9.19. The normalized spacial score (nSPS) is 13.8. The van der Waals surface area contributed by atoms with Crippen LogP contribution < -0.4 is 11.5 Å². The Bertz CT molecular complexity index is 939. The van der Waals surface area contributed by atoms with Gasteiger partial charge in [0.1, 0.15) is 10.7 Å². The minimum atomic E-state index is -4.08. The Hall–Kier alpha value is -2.71. The Kier molecular flexibility index (Phi) is 5.48. The first-order valence-corrected chi connectivity index (χ1v) is 9.34. The highest BCUT2D eigenvalue weighted by molar-refractivity contribution is 7.92. The summed E-state index contributed by atoms with van der Waals surface area (Å²) in [5, 5.41) is 16.5. The van der Waals surface area contributed by atoms with Gasteiger partial charge in [0.25, 0.3) is 0 Å². The number of aliphatic carboxylic acids is 1. The van der Waals surface area contributed by atoms with E-state index < -0.39 is 27.1 Å². The molecule has 0 bridgehead atoms. The van der Waals surface area contributed by atoms with Crippen LogP contribution in [-0.4, -0.2) is 25.3 Å². The van der Waals surface area contributed by atoms with Gasteiger partial charge < -0.3 is 16.6 Å². The largest absolute Gasteiger partial charge is 0.481 e. The molecule has 0 aromatic heterocycles. The van der Waals surface area contributed by atoms with Crippen LogP contribution in [0.25, 0.3) is 0 Å². The van der Waals surface area contributed by atoms with Crippen LogP contribution >= 0.6 is 0 Å². The van der Waals surface area contributed by atoms with Gasteiger partial charge in [0, 0.05) is 12.0 Å². The summed E-state index contributed by atoms with van der Waals surface area (Å²) in [6.07, 6.45) is -0.700. The predicted molar refractivity (Wildman–Crippen MR) is 98.6 cm³/mol. The van der Waals surface area contributed by atoms with Crippen molar-refractivity contribution in [1.29, 1.82) is 5.41 Å². The third-order valence-corrected chi connectivity index (χ3v) is 6.69. The smallest absolute Gasteiger partial charge is 0.303 e. The highest BCUT2D eigenvalue weighted by Gasteiger charge is 2.43. The maximum atomic E-state index is 13.3. The zero-order chi connectivity index (χ0) is 19.5. The molecule has 0 saturated heterocycles. The Balaban J connectivity index is 2.63. The van der Waals surface area contributed by atoms with E-state index in [0.29, 0.717) is 11.1 Å². The van der Waals surface area contributed by atoms with E-state index in [1.54, 1.807) is 25.1 Å². The summed E-state index contributed by atoms with van der Waals surface area (Å²) >= 11 is 0. The number of carbonyl (C=O) groups is 1. The molecule has 0 aliphatic rings. The second-order valence-electron chi connectivity index (χ2n) is 6.04. The lowest BCUT2D eigenvalue weighted by molar-refractivity contribution is -0.137. The van der Waals surface area contributed by atoms with Gasteiger partial charge in [-0.1, -0.05) is 42.5 Å². The van der Waals surface area contributed by atoms with Gasteiger partial charge in [-0.2, -0.15) is 0 Å². The summed E-state index contributed by atoms with van der Waals surface area (Å²) in [5.74, 6) is -1.30. The molecule has 0 aliphatic heterocycles. The van der Waals surface area contributed by atoms with Crippen molar-refractivity contribution in [3.63, 3.8) is 0 Å². The zero-order valence-corrected chi connectivity index (χ0v) is 15.1. The van der Waals surface area contributed by atoms with Crippen molar-refractivity contribution in [3.05, 3.63) is 65.2 Å². The number of amidine groups is 1. The molecule has 0 fully saturated rings. The van der Waals surface area contributed by atoms with Crippen LogP contribution in [0.3, 0.4) is 0 Å². The number of nitrogens with two attached hydrogens (primary N) is 2. The van der Waals surface area contributed by atoms with E-state index in [2.05, 4.69) is 0 Å². The van der Waals surface area contributed by atoms with Crippen molar-refractivity contribution in [2.45, 2.75) is 29.5 Å². The van der Waals surface area contributed by atoms with Gasteiger partial charge >= 0.3 is 5.97 Å². The number of sulfone groups is 1. The molecule has 0 heterocycles. The summed E-state index contributed by atoms with van der Waals surface area (Å²) in [7, 11) is -4.08. The average molecular weight is 375 g/mol. The second kappa shape index (κ2) is 7.27. The Morgan fingerprint density at radius 1 is 1.15 bits per heavy atom. The number of rotatable bonds is 7. The quantitative estimate of drug-likeness (QED) is 0.428. The number of nitrogens with one attached hydrogen (secondary N) is 1. The van der Waals surface area contributed by atoms with E-state index in [1.165, 1.54) is 30.3 Å². The van der Waals surface area contributed by atoms with Crippen molar-refractivity contribution in [2.75, 3.05) is 0 Å². The van der Waals surface area contributed by atoms with Gasteiger partial charge in [-0.3, -0.25) is 10.2 Å². The van der Waals surface area contributed by atoms with Crippen LogP contribution in [0.1, 0.15) is 29.5 Å². The molecule has 0 spiro atoms. The monoisotopic (exact) mass is 375 g/mol. The topological polar surface area (TPSA) is 147 Å². The summed E-state index contributed by atoms with van der Waals surface area (Å²) in [6, 6.07) is 12.3. The zero-order valence-electron chi connectivity index (χ0n) is 14.3. The van der Waals surface area contributed by atoms with E-state index in [-0.39, 0.29) is 22.7 Å². The third kappa shape index (κ3) is 3.61. The van der Waals surface area contributed by atoms with E-state index >= 15 is 0 Å². The molecule has 8 heteroatoms. The average Bonchev–Trinajstić information content (AvgIpc) is 2.59. The van der Waals surface area contributed by atoms with Crippen molar-refractivity contribution in [1.82, 2.24) is 0 Å². The molecule has 2 aromatic carbocycles. The van der Waals surface area contributed by atoms with Crippen LogP contribution in [0.15, 0.2) is 53.4 Å². The summed E-state index contributed by atoms with van der Waals surface area (Å²) < 4.78 is 26.6. The van der Waals surface area contributed by atoms with Gasteiger partial charge in [0.05, 0.1) is 4.90 Å². The number of aryl methyl sites for hydroxylation is 1. The van der Waals surface area contributed by atoms with Crippen LogP contribution in [-0.2, 0) is 19.5 Å². The molecule has 0 aliphatic carbocycles. The fourth-order valence-corrected chi connectivity index (χ4v) is 4.67. The van der Waals surface area contributed by atoms with E-state index in [9.17, 15) is 13.2 Å². The molecule has 1 atom stereocenters. The molecule has 138 valence electrons. The van der Waals surface area contributed by atoms with Gasteiger partial charge in [0.15, 0.2) is 0 Å². The fourth-order valence-electron chi connectivity index (χ4n) is 2.71. The van der Waals surface area contributed by atoms with Crippen LogP contribution in [0.2, 0.25) is 0 Å². The lowest BCUT2D eigenvalue weighted by atomic mass is 10.0. The van der Waals surface area contributed by atoms with Crippen molar-refractivity contribution in [2.24, 2.45) is 11.5 Å². The van der Waals surface area contributed by atoms with Gasteiger partial charge in [-0.25, -0.2) is 8.42 Å². The molecule has 2 rings (SSSR count). The molecule has 6 N–H and O–H groups in total. The lowest BCUT2D eigenvalue weighted by Crippen LogP contribution is -2.45. The van der Waals surface area contributed by atoms with Crippen molar-refractivity contribution in [3.8, 4) is 0 Å². The molecular formula is C18H21N3O4S. The molecule has 1 unspecified atom stereocenters. The van der Waals surface area contributed by atoms with Crippen LogP contribution in [0, 0.1) is 12.3 Å².